The van der Waals surface area contributed by atoms with Gasteiger partial charge in [-0.25, -0.2) is 0 Å². The van der Waals surface area contributed by atoms with Crippen molar-refractivity contribution < 1.29 is 9.72 Å². The average molecular weight is 263 g/mol. The van der Waals surface area contributed by atoms with E-state index < -0.39 is 4.92 Å². The summed E-state index contributed by atoms with van der Waals surface area (Å²) in [6, 6.07) is 4.76. The normalized spacial score (nSPS) is 19.3. The predicted molar refractivity (Wildman–Crippen MR) is 71.2 cm³/mol. The number of rotatable bonds is 2. The van der Waals surface area contributed by atoms with Gasteiger partial charge in [0.2, 0.25) is 0 Å². The van der Waals surface area contributed by atoms with Crippen LogP contribution in [0.4, 0.5) is 5.69 Å². The Morgan fingerprint density at radius 1 is 1.47 bits per heavy atom. The summed E-state index contributed by atoms with van der Waals surface area (Å²) in [4.78, 5) is 24.4. The highest BCUT2D eigenvalue weighted by molar-refractivity contribution is 5.95. The summed E-state index contributed by atoms with van der Waals surface area (Å²) < 4.78 is 0. The molecule has 0 aliphatic carbocycles. The van der Waals surface area contributed by atoms with Gasteiger partial charge in [0.1, 0.15) is 0 Å². The van der Waals surface area contributed by atoms with E-state index in [2.05, 4.69) is 5.32 Å². The van der Waals surface area contributed by atoms with Crippen LogP contribution < -0.4 is 5.32 Å². The van der Waals surface area contributed by atoms with Crippen LogP contribution in [0.5, 0.6) is 0 Å². The minimum Gasteiger partial charge on any atom is -0.336 e. The lowest BCUT2D eigenvalue weighted by Gasteiger charge is -2.32. The Hall–Kier alpha value is -1.95. The summed E-state index contributed by atoms with van der Waals surface area (Å²) in [5.74, 6) is -0.139. The van der Waals surface area contributed by atoms with Crippen molar-refractivity contribution in [1.82, 2.24) is 10.2 Å². The Morgan fingerprint density at radius 3 is 2.84 bits per heavy atom. The van der Waals surface area contributed by atoms with Crippen LogP contribution in [0.25, 0.3) is 0 Å². The van der Waals surface area contributed by atoms with E-state index in [1.807, 2.05) is 6.92 Å². The molecule has 0 radical (unpaired) electrons. The number of carbonyl (C=O) groups excluding carboxylic acids is 1. The zero-order valence-corrected chi connectivity index (χ0v) is 11.0. The molecule has 102 valence electrons. The van der Waals surface area contributed by atoms with Crippen LogP contribution >= 0.6 is 0 Å². The SMILES string of the molecule is Cc1cc(C(=O)N2CCNC(C)C2)cc([N+](=O)[O-])c1. The molecule has 19 heavy (non-hydrogen) atoms. The molecule has 1 amide bonds. The van der Waals surface area contributed by atoms with E-state index in [1.165, 1.54) is 12.1 Å². The summed E-state index contributed by atoms with van der Waals surface area (Å²) >= 11 is 0. The lowest BCUT2D eigenvalue weighted by Crippen LogP contribution is -2.51. The van der Waals surface area contributed by atoms with Crippen molar-refractivity contribution in [1.29, 1.82) is 0 Å². The van der Waals surface area contributed by atoms with Crippen molar-refractivity contribution in [3.63, 3.8) is 0 Å². The largest absolute Gasteiger partial charge is 0.336 e. The van der Waals surface area contributed by atoms with Gasteiger partial charge in [0.05, 0.1) is 4.92 Å². The highest BCUT2D eigenvalue weighted by Crippen LogP contribution is 2.18. The van der Waals surface area contributed by atoms with Crippen molar-refractivity contribution >= 4 is 11.6 Å². The van der Waals surface area contributed by atoms with E-state index in [0.717, 1.165) is 12.1 Å². The fraction of sp³-hybridized carbons (Fsp3) is 0.462. The number of nitro groups is 1. The molecule has 1 N–H and O–H groups in total. The van der Waals surface area contributed by atoms with Crippen LogP contribution in [-0.2, 0) is 0 Å². The van der Waals surface area contributed by atoms with Gasteiger partial charge in [-0.05, 0) is 25.5 Å². The molecule has 0 bridgehead atoms. The molecular weight excluding hydrogens is 246 g/mol. The van der Waals surface area contributed by atoms with Crippen LogP contribution in [0.2, 0.25) is 0 Å². The Bertz CT molecular complexity index is 516. The van der Waals surface area contributed by atoms with Gasteiger partial charge in [0.15, 0.2) is 0 Å². The van der Waals surface area contributed by atoms with E-state index in [0.29, 0.717) is 18.7 Å². The third kappa shape index (κ3) is 3.08. The lowest BCUT2D eigenvalue weighted by molar-refractivity contribution is -0.384. The highest BCUT2D eigenvalue weighted by Gasteiger charge is 2.23. The second-order valence-corrected chi connectivity index (χ2v) is 4.92. The second kappa shape index (κ2) is 5.36. The van der Waals surface area contributed by atoms with Crippen LogP contribution in [0.15, 0.2) is 18.2 Å². The molecule has 0 aromatic heterocycles. The number of amides is 1. The number of nitro benzene ring substituents is 1. The van der Waals surface area contributed by atoms with E-state index >= 15 is 0 Å². The Kier molecular flexibility index (Phi) is 3.80. The lowest BCUT2D eigenvalue weighted by atomic mass is 10.1. The van der Waals surface area contributed by atoms with Gasteiger partial charge in [-0.3, -0.25) is 14.9 Å². The van der Waals surface area contributed by atoms with Crippen LogP contribution in [0, 0.1) is 17.0 Å². The maximum Gasteiger partial charge on any atom is 0.270 e. The molecule has 0 saturated carbocycles. The number of carbonyl (C=O) groups is 1. The van der Waals surface area contributed by atoms with Crippen molar-refractivity contribution in [2.45, 2.75) is 19.9 Å². The minimum atomic E-state index is -0.468. The number of hydrogen-bond donors (Lipinski definition) is 1. The summed E-state index contributed by atoms with van der Waals surface area (Å²) in [6.07, 6.45) is 0. The summed E-state index contributed by atoms with van der Waals surface area (Å²) in [5, 5.41) is 14.1. The fourth-order valence-electron chi connectivity index (χ4n) is 2.29. The van der Waals surface area contributed by atoms with Gasteiger partial charge in [0, 0.05) is 43.4 Å². The first-order chi connectivity index (χ1) is 8.97. The molecule has 6 nitrogen and oxygen atoms in total. The van der Waals surface area contributed by atoms with Crippen LogP contribution in [-0.4, -0.2) is 41.4 Å². The van der Waals surface area contributed by atoms with E-state index in [1.54, 1.807) is 17.9 Å². The third-order valence-electron chi connectivity index (χ3n) is 3.18. The molecule has 0 spiro atoms. The smallest absolute Gasteiger partial charge is 0.270 e. The molecule has 1 atom stereocenters. The zero-order chi connectivity index (χ0) is 14.0. The Balaban J connectivity index is 2.25. The van der Waals surface area contributed by atoms with Gasteiger partial charge in [-0.15, -0.1) is 0 Å². The number of non-ortho nitro benzene ring substituents is 1. The number of nitrogens with one attached hydrogen (secondary N) is 1. The molecule has 1 heterocycles. The first kappa shape index (κ1) is 13.5. The highest BCUT2D eigenvalue weighted by atomic mass is 16.6. The Labute approximate surface area is 111 Å². The fourth-order valence-corrected chi connectivity index (χ4v) is 2.29. The second-order valence-electron chi connectivity index (χ2n) is 4.92. The predicted octanol–water partition coefficient (Wildman–Crippen LogP) is 1.34. The number of aryl methyl sites for hydroxylation is 1. The molecule has 1 aromatic rings. The maximum atomic E-state index is 12.3. The first-order valence-corrected chi connectivity index (χ1v) is 6.26. The van der Waals surface area contributed by atoms with Crippen LogP contribution in [0.1, 0.15) is 22.8 Å². The first-order valence-electron chi connectivity index (χ1n) is 6.26. The van der Waals surface area contributed by atoms with E-state index in [9.17, 15) is 14.9 Å². The number of nitrogens with zero attached hydrogens (tertiary/aromatic N) is 2. The van der Waals surface area contributed by atoms with E-state index in [4.69, 9.17) is 0 Å². The van der Waals surface area contributed by atoms with E-state index in [-0.39, 0.29) is 17.6 Å². The standard InChI is InChI=1S/C13H17N3O3/c1-9-5-11(7-12(6-9)16(18)19)13(17)15-4-3-14-10(2)8-15/h5-7,10,14H,3-4,8H2,1-2H3. The summed E-state index contributed by atoms with van der Waals surface area (Å²) in [5.41, 5.74) is 1.08. The van der Waals surface area contributed by atoms with Crippen molar-refractivity contribution in [3.05, 3.63) is 39.4 Å². The quantitative estimate of drug-likeness (QED) is 0.645. The van der Waals surface area contributed by atoms with Gasteiger partial charge < -0.3 is 10.2 Å². The topological polar surface area (TPSA) is 75.5 Å². The van der Waals surface area contributed by atoms with Crippen LogP contribution in [0.3, 0.4) is 0 Å². The van der Waals surface area contributed by atoms with Crippen molar-refractivity contribution in [3.8, 4) is 0 Å². The van der Waals surface area contributed by atoms with Crippen molar-refractivity contribution in [2.75, 3.05) is 19.6 Å². The van der Waals surface area contributed by atoms with Gasteiger partial charge in [0.25, 0.3) is 11.6 Å². The number of hydrogen-bond acceptors (Lipinski definition) is 4. The summed E-state index contributed by atoms with van der Waals surface area (Å²) in [6.45, 7) is 5.77. The number of piperazine rings is 1. The van der Waals surface area contributed by atoms with Gasteiger partial charge >= 0.3 is 0 Å². The average Bonchev–Trinajstić information content (AvgIpc) is 2.37. The summed E-state index contributed by atoms with van der Waals surface area (Å²) in [7, 11) is 0. The minimum absolute atomic E-state index is 0.0356. The number of benzene rings is 1. The molecule has 1 aliphatic heterocycles. The third-order valence-corrected chi connectivity index (χ3v) is 3.18. The Morgan fingerprint density at radius 2 is 2.21 bits per heavy atom. The molecule has 1 aromatic carbocycles. The zero-order valence-electron chi connectivity index (χ0n) is 11.0. The molecule has 1 unspecified atom stereocenters. The maximum absolute atomic E-state index is 12.3. The molecule has 1 fully saturated rings. The molecule has 6 heteroatoms. The molecular formula is C13H17N3O3. The monoisotopic (exact) mass is 263 g/mol. The molecule has 1 aliphatic rings. The molecule has 2 rings (SSSR count). The van der Waals surface area contributed by atoms with Gasteiger partial charge in [-0.1, -0.05) is 0 Å². The van der Waals surface area contributed by atoms with Crippen molar-refractivity contribution in [2.24, 2.45) is 0 Å². The molecule has 1 saturated heterocycles. The van der Waals surface area contributed by atoms with Gasteiger partial charge in [-0.2, -0.15) is 0 Å².